The van der Waals surface area contributed by atoms with Gasteiger partial charge in [0, 0.05) is 19.1 Å². The predicted molar refractivity (Wildman–Crippen MR) is 69.6 cm³/mol. The van der Waals surface area contributed by atoms with Crippen LogP contribution in [0.1, 0.15) is 46.5 Å². The van der Waals surface area contributed by atoms with E-state index in [1.165, 1.54) is 51.9 Å². The van der Waals surface area contributed by atoms with Crippen molar-refractivity contribution in [3.8, 4) is 0 Å². The Morgan fingerprint density at radius 3 is 2.38 bits per heavy atom. The fourth-order valence-electron chi connectivity index (χ4n) is 2.77. The molecule has 1 N–H and O–H groups in total. The van der Waals surface area contributed by atoms with Crippen LogP contribution in [0.15, 0.2) is 0 Å². The number of nitrogens with one attached hydrogen (secondary N) is 1. The van der Waals surface area contributed by atoms with E-state index in [2.05, 4.69) is 31.0 Å². The molecule has 0 aromatic heterocycles. The second kappa shape index (κ2) is 5.05. The normalized spacial score (nSPS) is 25.3. The van der Waals surface area contributed by atoms with Crippen LogP contribution in [0.5, 0.6) is 0 Å². The summed E-state index contributed by atoms with van der Waals surface area (Å²) in [6.07, 6.45) is 5.64. The molecule has 0 atom stereocenters. The molecule has 0 aromatic rings. The summed E-state index contributed by atoms with van der Waals surface area (Å²) in [7, 11) is 0. The third-order valence-electron chi connectivity index (χ3n) is 4.32. The molecule has 0 radical (unpaired) electrons. The number of hydrogen-bond acceptors (Lipinski definition) is 2. The number of hydrogen-bond donors (Lipinski definition) is 1. The van der Waals surface area contributed by atoms with Crippen molar-refractivity contribution in [3.05, 3.63) is 0 Å². The van der Waals surface area contributed by atoms with E-state index >= 15 is 0 Å². The standard InChI is InChI=1S/C14H28N2/c1-12(2)16(10-13-4-5-13)11-14(3)6-8-15-9-7-14/h12-13,15H,4-11H2,1-3H3. The van der Waals surface area contributed by atoms with Gasteiger partial charge < -0.3 is 10.2 Å². The van der Waals surface area contributed by atoms with E-state index in [1.807, 2.05) is 0 Å². The molecule has 2 rings (SSSR count). The Balaban J connectivity index is 1.87. The van der Waals surface area contributed by atoms with Crippen LogP contribution in [0.2, 0.25) is 0 Å². The van der Waals surface area contributed by atoms with E-state index < -0.39 is 0 Å². The summed E-state index contributed by atoms with van der Waals surface area (Å²) in [6.45, 7) is 12.3. The van der Waals surface area contributed by atoms with Crippen molar-refractivity contribution in [2.24, 2.45) is 11.3 Å². The van der Waals surface area contributed by atoms with Crippen molar-refractivity contribution in [3.63, 3.8) is 0 Å². The molecule has 0 amide bonds. The second-order valence-corrected chi connectivity index (χ2v) is 6.53. The lowest BCUT2D eigenvalue weighted by Crippen LogP contribution is -2.45. The molecule has 1 saturated heterocycles. The Morgan fingerprint density at radius 2 is 1.88 bits per heavy atom. The fourth-order valence-corrected chi connectivity index (χ4v) is 2.77. The zero-order chi connectivity index (χ0) is 11.6. The maximum absolute atomic E-state index is 3.48. The van der Waals surface area contributed by atoms with Crippen LogP contribution in [-0.4, -0.2) is 37.1 Å². The first-order chi connectivity index (χ1) is 7.59. The molecule has 1 saturated carbocycles. The first-order valence-electron chi connectivity index (χ1n) is 7.04. The summed E-state index contributed by atoms with van der Waals surface area (Å²) in [4.78, 5) is 2.73. The van der Waals surface area contributed by atoms with Crippen LogP contribution in [0.25, 0.3) is 0 Å². The van der Waals surface area contributed by atoms with Gasteiger partial charge in [-0.05, 0) is 64.0 Å². The lowest BCUT2D eigenvalue weighted by atomic mass is 9.80. The van der Waals surface area contributed by atoms with Gasteiger partial charge in [-0.1, -0.05) is 6.92 Å². The average molecular weight is 224 g/mol. The summed E-state index contributed by atoms with van der Waals surface area (Å²) in [5.74, 6) is 1.02. The van der Waals surface area contributed by atoms with E-state index in [4.69, 9.17) is 0 Å². The minimum absolute atomic E-state index is 0.560. The average Bonchev–Trinajstić information content (AvgIpc) is 3.01. The third-order valence-corrected chi connectivity index (χ3v) is 4.32. The summed E-state index contributed by atoms with van der Waals surface area (Å²) in [6, 6.07) is 0.715. The summed E-state index contributed by atoms with van der Waals surface area (Å²) < 4.78 is 0. The highest BCUT2D eigenvalue weighted by Crippen LogP contribution is 2.34. The molecule has 16 heavy (non-hydrogen) atoms. The highest BCUT2D eigenvalue weighted by molar-refractivity contribution is 4.87. The molecule has 2 fully saturated rings. The zero-order valence-corrected chi connectivity index (χ0v) is 11.3. The van der Waals surface area contributed by atoms with E-state index in [-0.39, 0.29) is 0 Å². The van der Waals surface area contributed by atoms with Gasteiger partial charge in [0.2, 0.25) is 0 Å². The van der Waals surface area contributed by atoms with Crippen molar-refractivity contribution in [2.75, 3.05) is 26.2 Å². The molecule has 0 unspecified atom stereocenters. The maximum Gasteiger partial charge on any atom is 0.00391 e. The van der Waals surface area contributed by atoms with Crippen molar-refractivity contribution >= 4 is 0 Å². The van der Waals surface area contributed by atoms with Gasteiger partial charge in [0.15, 0.2) is 0 Å². The highest BCUT2D eigenvalue weighted by Gasteiger charge is 2.32. The molecule has 2 heteroatoms. The van der Waals surface area contributed by atoms with Gasteiger partial charge in [-0.25, -0.2) is 0 Å². The van der Waals surface area contributed by atoms with E-state index in [0.717, 1.165) is 5.92 Å². The van der Waals surface area contributed by atoms with Crippen molar-refractivity contribution in [1.29, 1.82) is 0 Å². The van der Waals surface area contributed by atoms with Crippen molar-refractivity contribution < 1.29 is 0 Å². The number of rotatable bonds is 5. The highest BCUT2D eigenvalue weighted by atomic mass is 15.2. The SMILES string of the molecule is CC(C)N(CC1CC1)CC1(C)CCNCC1. The predicted octanol–water partition coefficient (Wildman–Crippen LogP) is 2.50. The number of nitrogens with zero attached hydrogens (tertiary/aromatic N) is 1. The minimum Gasteiger partial charge on any atom is -0.317 e. The molecule has 1 heterocycles. The first-order valence-corrected chi connectivity index (χ1v) is 7.04. The Kier molecular flexibility index (Phi) is 3.91. The lowest BCUT2D eigenvalue weighted by Gasteiger charge is -2.40. The first kappa shape index (κ1) is 12.4. The zero-order valence-electron chi connectivity index (χ0n) is 11.3. The Hall–Kier alpha value is -0.0800. The van der Waals surface area contributed by atoms with Crippen molar-refractivity contribution in [2.45, 2.75) is 52.5 Å². The molecule has 0 aromatic carbocycles. The minimum atomic E-state index is 0.560. The molecule has 1 aliphatic heterocycles. The van der Waals surface area contributed by atoms with Gasteiger partial charge >= 0.3 is 0 Å². The monoisotopic (exact) mass is 224 g/mol. The van der Waals surface area contributed by atoms with E-state index in [1.54, 1.807) is 0 Å². The molecule has 0 spiro atoms. The van der Waals surface area contributed by atoms with Gasteiger partial charge in [0.1, 0.15) is 0 Å². The van der Waals surface area contributed by atoms with Gasteiger partial charge in [0.05, 0.1) is 0 Å². The quantitative estimate of drug-likeness (QED) is 0.772. The molecular formula is C14H28N2. The van der Waals surface area contributed by atoms with Gasteiger partial charge in [-0.15, -0.1) is 0 Å². The van der Waals surface area contributed by atoms with Crippen LogP contribution >= 0.6 is 0 Å². The summed E-state index contributed by atoms with van der Waals surface area (Å²) in [5, 5.41) is 3.48. The summed E-state index contributed by atoms with van der Waals surface area (Å²) in [5.41, 5.74) is 0.560. The smallest absolute Gasteiger partial charge is 0.00391 e. The van der Waals surface area contributed by atoms with Crippen LogP contribution in [0, 0.1) is 11.3 Å². The molecule has 0 bridgehead atoms. The van der Waals surface area contributed by atoms with Gasteiger partial charge in [-0.2, -0.15) is 0 Å². The molecule has 1 aliphatic carbocycles. The third kappa shape index (κ3) is 3.46. The number of piperidine rings is 1. The van der Waals surface area contributed by atoms with Crippen LogP contribution < -0.4 is 5.32 Å². The molecule has 2 nitrogen and oxygen atoms in total. The van der Waals surface area contributed by atoms with Crippen LogP contribution in [0.3, 0.4) is 0 Å². The molecule has 2 aliphatic rings. The van der Waals surface area contributed by atoms with E-state index in [0.29, 0.717) is 11.5 Å². The molecular weight excluding hydrogens is 196 g/mol. The van der Waals surface area contributed by atoms with Gasteiger partial charge in [0.25, 0.3) is 0 Å². The second-order valence-electron chi connectivity index (χ2n) is 6.53. The summed E-state index contributed by atoms with van der Waals surface area (Å²) >= 11 is 0. The topological polar surface area (TPSA) is 15.3 Å². The van der Waals surface area contributed by atoms with Crippen LogP contribution in [0.4, 0.5) is 0 Å². The lowest BCUT2D eigenvalue weighted by molar-refractivity contribution is 0.101. The maximum atomic E-state index is 3.48. The molecule has 94 valence electrons. The van der Waals surface area contributed by atoms with Crippen molar-refractivity contribution in [1.82, 2.24) is 10.2 Å². The van der Waals surface area contributed by atoms with Crippen LogP contribution in [-0.2, 0) is 0 Å². The van der Waals surface area contributed by atoms with Gasteiger partial charge in [-0.3, -0.25) is 0 Å². The van der Waals surface area contributed by atoms with E-state index in [9.17, 15) is 0 Å². The Morgan fingerprint density at radius 1 is 1.25 bits per heavy atom. The Labute approximate surface area is 101 Å². The fraction of sp³-hybridized carbons (Fsp3) is 1.00. The Bertz CT molecular complexity index is 215. The largest absolute Gasteiger partial charge is 0.317 e.